The fourth-order valence-electron chi connectivity index (χ4n) is 2.66. The Hall–Kier alpha value is -0.920. The Kier molecular flexibility index (Phi) is 19.8. The molecule has 7 heteroatoms. The molecule has 0 fully saturated rings. The number of hydrogen-bond donors (Lipinski definition) is 2. The number of aldehydes is 1. The lowest BCUT2D eigenvalue weighted by Crippen LogP contribution is -2.22. The third-order valence-corrected chi connectivity index (χ3v) is 5.32. The molecule has 0 aliphatic heterocycles. The standard InChI is InChI=1S/C19H37NO4S.H3N/c1-3-4-5-6-7-8-9-10-11-12-13-14-15-16-17-25(22,23)24-20-19(2)18-21;/h18,20H,2-17H2,1H3;1H3. The molecule has 0 atom stereocenters. The Bertz CT molecular complexity index is 439. The van der Waals surface area contributed by atoms with Gasteiger partial charge in [-0.05, 0) is 6.42 Å². The zero-order chi connectivity index (χ0) is 18.8. The van der Waals surface area contributed by atoms with Gasteiger partial charge in [0, 0.05) is 0 Å². The largest absolute Gasteiger partial charge is 0.344 e. The molecule has 4 N–H and O–H groups in total. The first-order chi connectivity index (χ1) is 12.0. The maximum atomic E-state index is 11.5. The second-order valence-electron chi connectivity index (χ2n) is 6.69. The number of hydrogen-bond acceptors (Lipinski definition) is 6. The van der Waals surface area contributed by atoms with Crippen LogP contribution < -0.4 is 11.6 Å². The number of hydroxylamine groups is 1. The Morgan fingerprint density at radius 2 is 1.23 bits per heavy atom. The van der Waals surface area contributed by atoms with Crippen molar-refractivity contribution in [3.8, 4) is 0 Å². The van der Waals surface area contributed by atoms with Crippen LogP contribution in [0.1, 0.15) is 96.8 Å². The summed E-state index contributed by atoms with van der Waals surface area (Å²) in [5.74, 6) is -0.0375. The summed E-state index contributed by atoms with van der Waals surface area (Å²) in [4.78, 5) is 10.3. The van der Waals surface area contributed by atoms with E-state index in [4.69, 9.17) is 0 Å². The van der Waals surface area contributed by atoms with Gasteiger partial charge in [0.25, 0.3) is 10.1 Å². The average Bonchev–Trinajstić information content (AvgIpc) is 2.60. The summed E-state index contributed by atoms with van der Waals surface area (Å²) in [7, 11) is -3.63. The molecule has 0 rings (SSSR count). The fourth-order valence-corrected chi connectivity index (χ4v) is 3.53. The SMILES string of the molecule is C=C(C=O)NOS(=O)(=O)CCCCCCCCCCCCCCCC.N. The Morgan fingerprint density at radius 3 is 1.62 bits per heavy atom. The summed E-state index contributed by atoms with van der Waals surface area (Å²) in [6.07, 6.45) is 17.5. The van der Waals surface area contributed by atoms with Gasteiger partial charge in [0.2, 0.25) is 0 Å². The topological polar surface area (TPSA) is 107 Å². The van der Waals surface area contributed by atoms with Crippen LogP contribution in [0.3, 0.4) is 0 Å². The molecule has 0 saturated heterocycles. The van der Waals surface area contributed by atoms with E-state index in [2.05, 4.69) is 17.8 Å². The summed E-state index contributed by atoms with van der Waals surface area (Å²) in [5, 5.41) is 0. The van der Waals surface area contributed by atoms with Gasteiger partial charge >= 0.3 is 0 Å². The van der Waals surface area contributed by atoms with Gasteiger partial charge in [-0.15, -0.1) is 0 Å². The van der Waals surface area contributed by atoms with Crippen LogP contribution in [0.25, 0.3) is 0 Å². The molecule has 0 bridgehead atoms. The maximum Gasteiger partial charge on any atom is 0.287 e. The third-order valence-electron chi connectivity index (χ3n) is 4.19. The van der Waals surface area contributed by atoms with Crippen molar-refractivity contribution < 1.29 is 17.5 Å². The van der Waals surface area contributed by atoms with Crippen molar-refractivity contribution in [1.82, 2.24) is 11.6 Å². The lowest BCUT2D eigenvalue weighted by molar-refractivity contribution is -0.105. The molecule has 0 aromatic carbocycles. The Labute approximate surface area is 160 Å². The van der Waals surface area contributed by atoms with Crippen LogP contribution in [0, 0.1) is 0 Å². The molecule has 0 amide bonds. The number of carbonyl (C=O) groups is 1. The quantitative estimate of drug-likeness (QED) is 0.135. The lowest BCUT2D eigenvalue weighted by Gasteiger charge is -2.06. The smallest absolute Gasteiger partial charge is 0.287 e. The second kappa shape index (κ2) is 18.9. The fraction of sp³-hybridized carbons (Fsp3) is 0.842. The lowest BCUT2D eigenvalue weighted by atomic mass is 10.0. The van der Waals surface area contributed by atoms with Crippen LogP contribution in [0.15, 0.2) is 12.3 Å². The zero-order valence-electron chi connectivity index (χ0n) is 16.6. The summed E-state index contributed by atoms with van der Waals surface area (Å²) >= 11 is 0. The van der Waals surface area contributed by atoms with E-state index in [1.54, 1.807) is 0 Å². The van der Waals surface area contributed by atoms with Crippen LogP contribution in [0.2, 0.25) is 0 Å². The molecule has 0 aliphatic rings. The van der Waals surface area contributed by atoms with Crippen molar-refractivity contribution >= 4 is 16.4 Å². The number of unbranched alkanes of at least 4 members (excludes halogenated alkanes) is 13. The van der Waals surface area contributed by atoms with E-state index in [1.807, 2.05) is 5.48 Å². The molecule has 0 aromatic heterocycles. The average molecular weight is 393 g/mol. The van der Waals surface area contributed by atoms with Gasteiger partial charge in [0.1, 0.15) is 0 Å². The van der Waals surface area contributed by atoms with Gasteiger partial charge in [0.15, 0.2) is 6.29 Å². The predicted octanol–water partition coefficient (Wildman–Crippen LogP) is 5.19. The highest BCUT2D eigenvalue weighted by Crippen LogP contribution is 2.13. The molecule has 0 heterocycles. The molecule has 0 aliphatic carbocycles. The predicted molar refractivity (Wildman–Crippen MR) is 109 cm³/mol. The highest BCUT2D eigenvalue weighted by molar-refractivity contribution is 7.86. The number of nitrogens with one attached hydrogen (secondary N) is 1. The monoisotopic (exact) mass is 392 g/mol. The van der Waals surface area contributed by atoms with Crippen molar-refractivity contribution in [3.05, 3.63) is 12.3 Å². The van der Waals surface area contributed by atoms with Crippen LogP contribution >= 0.6 is 0 Å². The first-order valence-corrected chi connectivity index (χ1v) is 11.4. The van der Waals surface area contributed by atoms with Gasteiger partial charge in [-0.2, -0.15) is 12.7 Å². The molecule has 0 unspecified atom stereocenters. The summed E-state index contributed by atoms with van der Waals surface area (Å²) in [6, 6.07) is 0. The minimum absolute atomic E-state index is 0. The van der Waals surface area contributed by atoms with Gasteiger partial charge in [0.05, 0.1) is 11.4 Å². The molecular weight excluding hydrogens is 352 g/mol. The molecule has 0 aromatic rings. The molecule has 0 radical (unpaired) electrons. The van der Waals surface area contributed by atoms with Gasteiger partial charge < -0.3 is 6.15 Å². The Balaban J connectivity index is 0. The summed E-state index contributed by atoms with van der Waals surface area (Å²) < 4.78 is 27.5. The van der Waals surface area contributed by atoms with Crippen LogP contribution in [0.5, 0.6) is 0 Å². The van der Waals surface area contributed by atoms with Crippen molar-refractivity contribution in [1.29, 1.82) is 0 Å². The second-order valence-corrected chi connectivity index (χ2v) is 8.38. The normalized spacial score (nSPS) is 11.0. The van der Waals surface area contributed by atoms with E-state index in [0.29, 0.717) is 12.7 Å². The van der Waals surface area contributed by atoms with Crippen LogP contribution in [0.4, 0.5) is 0 Å². The molecule has 26 heavy (non-hydrogen) atoms. The molecule has 0 spiro atoms. The molecule has 0 saturated carbocycles. The van der Waals surface area contributed by atoms with Crippen molar-refractivity contribution in [2.24, 2.45) is 0 Å². The van der Waals surface area contributed by atoms with Crippen LogP contribution in [-0.2, 0) is 19.2 Å². The van der Waals surface area contributed by atoms with Gasteiger partial charge in [-0.3, -0.25) is 4.79 Å². The first-order valence-electron chi connectivity index (χ1n) is 9.83. The van der Waals surface area contributed by atoms with E-state index in [9.17, 15) is 13.2 Å². The van der Waals surface area contributed by atoms with E-state index in [1.165, 1.54) is 64.2 Å². The Morgan fingerprint density at radius 1 is 0.846 bits per heavy atom. The van der Waals surface area contributed by atoms with Crippen LogP contribution in [-0.4, -0.2) is 20.5 Å². The first kappa shape index (κ1) is 27.3. The van der Waals surface area contributed by atoms with E-state index < -0.39 is 10.1 Å². The number of carbonyl (C=O) groups excluding carboxylic acids is 1. The number of rotatable bonds is 19. The van der Waals surface area contributed by atoms with E-state index in [0.717, 1.165) is 19.3 Å². The third kappa shape index (κ3) is 19.4. The molecule has 6 nitrogen and oxygen atoms in total. The number of allylic oxidation sites excluding steroid dienone is 1. The maximum absolute atomic E-state index is 11.5. The van der Waals surface area contributed by atoms with Crippen molar-refractivity contribution in [3.63, 3.8) is 0 Å². The van der Waals surface area contributed by atoms with Gasteiger partial charge in [-0.1, -0.05) is 97.0 Å². The summed E-state index contributed by atoms with van der Waals surface area (Å²) in [6.45, 7) is 5.53. The van der Waals surface area contributed by atoms with Gasteiger partial charge in [-0.25, -0.2) is 5.48 Å². The van der Waals surface area contributed by atoms with Crippen molar-refractivity contribution in [2.75, 3.05) is 5.75 Å². The molecule has 156 valence electrons. The summed E-state index contributed by atoms with van der Waals surface area (Å²) in [5.41, 5.74) is 1.91. The highest BCUT2D eigenvalue weighted by Gasteiger charge is 2.11. The highest BCUT2D eigenvalue weighted by atomic mass is 32.2. The van der Waals surface area contributed by atoms with E-state index >= 15 is 0 Å². The zero-order valence-corrected chi connectivity index (χ0v) is 17.5. The minimum Gasteiger partial charge on any atom is -0.344 e. The molecular formula is C19H40N2O4S. The van der Waals surface area contributed by atoms with Crippen molar-refractivity contribution in [2.45, 2.75) is 96.8 Å². The minimum atomic E-state index is -3.63. The van der Waals surface area contributed by atoms with E-state index in [-0.39, 0.29) is 17.6 Å².